The quantitative estimate of drug-likeness (QED) is 0.189. The number of nitrogens with zero attached hydrogens (tertiary/aromatic N) is 4. The molecule has 210 valence electrons. The monoisotopic (exact) mass is 594 g/mol. The van der Waals surface area contributed by atoms with E-state index in [4.69, 9.17) is 14.6 Å². The number of para-hydroxylation sites is 1. The molecule has 0 saturated carbocycles. The lowest BCUT2D eigenvalue weighted by Crippen LogP contribution is -2.39. The predicted octanol–water partition coefficient (Wildman–Crippen LogP) is 4.89. The van der Waals surface area contributed by atoms with Crippen LogP contribution in [0.5, 0.6) is 5.75 Å². The van der Waals surface area contributed by atoms with Gasteiger partial charge in [0.15, 0.2) is 4.80 Å². The van der Waals surface area contributed by atoms with Crippen LogP contribution in [-0.4, -0.2) is 34.0 Å². The van der Waals surface area contributed by atoms with E-state index in [1.165, 1.54) is 17.4 Å². The van der Waals surface area contributed by atoms with Crippen molar-refractivity contribution in [1.82, 2.24) is 14.3 Å². The van der Waals surface area contributed by atoms with Gasteiger partial charge in [0.1, 0.15) is 18.1 Å². The molecule has 3 aromatic heterocycles. The van der Waals surface area contributed by atoms with Crippen LogP contribution in [0.4, 0.5) is 0 Å². The second-order valence-corrected chi connectivity index (χ2v) is 11.4. The predicted molar refractivity (Wildman–Crippen MR) is 165 cm³/mol. The molecular formula is C32H26N4O4S2. The highest BCUT2D eigenvalue weighted by molar-refractivity contribution is 7.13. The van der Waals surface area contributed by atoms with Crippen LogP contribution in [-0.2, 0) is 9.53 Å². The van der Waals surface area contributed by atoms with E-state index in [1.807, 2.05) is 76.9 Å². The van der Waals surface area contributed by atoms with Gasteiger partial charge in [-0.15, -0.1) is 11.3 Å². The molecule has 0 spiro atoms. The fourth-order valence-corrected chi connectivity index (χ4v) is 6.62. The summed E-state index contributed by atoms with van der Waals surface area (Å²) in [6.45, 7) is 5.45. The zero-order valence-corrected chi connectivity index (χ0v) is 24.5. The number of carbonyl (C=O) groups is 1. The minimum atomic E-state index is -0.726. The summed E-state index contributed by atoms with van der Waals surface area (Å²) in [6, 6.07) is 20.4. The Morgan fingerprint density at radius 3 is 2.57 bits per heavy atom. The summed E-state index contributed by atoms with van der Waals surface area (Å²) < 4.78 is 14.6. The maximum absolute atomic E-state index is 14.1. The number of carbonyl (C=O) groups excluding carboxylic acids is 1. The zero-order valence-electron chi connectivity index (χ0n) is 22.9. The Hall–Kier alpha value is -4.80. The minimum Gasteiger partial charge on any atom is -0.497 e. The Balaban J connectivity index is 1.53. The number of thiophene rings is 1. The number of thiazole rings is 1. The van der Waals surface area contributed by atoms with E-state index in [2.05, 4.69) is 11.6 Å². The summed E-state index contributed by atoms with van der Waals surface area (Å²) >= 11 is 2.86. The molecule has 0 fully saturated rings. The van der Waals surface area contributed by atoms with Gasteiger partial charge in [0, 0.05) is 11.8 Å². The lowest BCUT2D eigenvalue weighted by atomic mass is 9.96. The smallest absolute Gasteiger partial charge is 0.338 e. The molecule has 0 N–H and O–H groups in total. The SMILES string of the molecule is C=CCOC(=O)C1=C(C)N=c2s/c(=C/c3cn(-c4ccccc4)nc3-c3cccs3)c(=O)n2[C@H]1c1ccc(OC)cc1. The van der Waals surface area contributed by atoms with Gasteiger partial charge in [0.05, 0.1) is 39.5 Å². The Bertz CT molecular complexity index is 1980. The average molecular weight is 595 g/mol. The first-order valence-electron chi connectivity index (χ1n) is 13.1. The summed E-state index contributed by atoms with van der Waals surface area (Å²) in [7, 11) is 1.59. The highest BCUT2D eigenvalue weighted by atomic mass is 32.1. The number of hydrogen-bond acceptors (Lipinski definition) is 8. The molecule has 1 atom stereocenters. The molecule has 8 nitrogen and oxygen atoms in total. The van der Waals surface area contributed by atoms with Crippen molar-refractivity contribution < 1.29 is 14.3 Å². The number of fused-ring (bicyclic) bond motifs is 1. The van der Waals surface area contributed by atoms with Crippen LogP contribution in [0, 0.1) is 0 Å². The van der Waals surface area contributed by atoms with Gasteiger partial charge in [-0.1, -0.05) is 60.4 Å². The van der Waals surface area contributed by atoms with Crippen molar-refractivity contribution in [2.75, 3.05) is 13.7 Å². The summed E-state index contributed by atoms with van der Waals surface area (Å²) in [4.78, 5) is 33.6. The normalized spacial score (nSPS) is 14.8. The largest absolute Gasteiger partial charge is 0.497 e. The van der Waals surface area contributed by atoms with E-state index in [0.29, 0.717) is 26.4 Å². The summed E-state index contributed by atoms with van der Waals surface area (Å²) in [5.74, 6) is 0.120. The third-order valence-corrected chi connectivity index (χ3v) is 8.67. The molecule has 0 bridgehead atoms. The molecule has 1 aliphatic heterocycles. The van der Waals surface area contributed by atoms with E-state index in [1.54, 1.807) is 42.1 Å². The number of aromatic nitrogens is 3. The molecule has 0 radical (unpaired) electrons. The maximum atomic E-state index is 14.1. The molecule has 4 heterocycles. The van der Waals surface area contributed by atoms with Gasteiger partial charge in [-0.05, 0) is 54.3 Å². The first-order chi connectivity index (χ1) is 20.5. The van der Waals surface area contributed by atoms with Crippen LogP contribution in [0.15, 0.2) is 112 Å². The van der Waals surface area contributed by atoms with Gasteiger partial charge in [-0.2, -0.15) is 5.10 Å². The number of benzene rings is 2. The molecule has 0 aliphatic carbocycles. The van der Waals surface area contributed by atoms with Crippen molar-refractivity contribution >= 4 is 34.7 Å². The van der Waals surface area contributed by atoms with E-state index < -0.39 is 12.0 Å². The van der Waals surface area contributed by atoms with Crippen molar-refractivity contribution in [3.8, 4) is 22.0 Å². The maximum Gasteiger partial charge on any atom is 0.338 e. The van der Waals surface area contributed by atoms with Gasteiger partial charge in [0.2, 0.25) is 0 Å². The number of hydrogen-bond donors (Lipinski definition) is 0. The number of rotatable bonds is 8. The third kappa shape index (κ3) is 5.06. The van der Waals surface area contributed by atoms with E-state index in [0.717, 1.165) is 27.4 Å². The Kier molecular flexibility index (Phi) is 7.56. The van der Waals surface area contributed by atoms with Crippen LogP contribution in [0.3, 0.4) is 0 Å². The Morgan fingerprint density at radius 2 is 1.88 bits per heavy atom. The molecule has 5 aromatic rings. The topological polar surface area (TPSA) is 87.7 Å². The molecule has 1 aliphatic rings. The Morgan fingerprint density at radius 1 is 1.10 bits per heavy atom. The molecule has 0 amide bonds. The van der Waals surface area contributed by atoms with Crippen molar-refractivity contribution in [2.45, 2.75) is 13.0 Å². The molecule has 2 aromatic carbocycles. The van der Waals surface area contributed by atoms with Crippen LogP contribution in [0.25, 0.3) is 22.3 Å². The van der Waals surface area contributed by atoms with Gasteiger partial charge in [-0.25, -0.2) is 14.5 Å². The van der Waals surface area contributed by atoms with Crippen molar-refractivity contribution in [3.05, 3.63) is 133 Å². The van der Waals surface area contributed by atoms with Crippen molar-refractivity contribution in [3.63, 3.8) is 0 Å². The number of allylic oxidation sites excluding steroid dienone is 1. The van der Waals surface area contributed by atoms with Crippen LogP contribution >= 0.6 is 22.7 Å². The fourth-order valence-electron chi connectivity index (χ4n) is 4.85. The number of ether oxygens (including phenoxy) is 2. The third-order valence-electron chi connectivity index (χ3n) is 6.81. The lowest BCUT2D eigenvalue weighted by Gasteiger charge is -2.24. The molecule has 10 heteroatoms. The lowest BCUT2D eigenvalue weighted by molar-refractivity contribution is -0.138. The van der Waals surface area contributed by atoms with Crippen LogP contribution < -0.4 is 19.6 Å². The van der Waals surface area contributed by atoms with E-state index in [9.17, 15) is 9.59 Å². The molecule has 42 heavy (non-hydrogen) atoms. The van der Waals surface area contributed by atoms with E-state index in [-0.39, 0.29) is 12.2 Å². The molecule has 0 unspecified atom stereocenters. The van der Waals surface area contributed by atoms with Crippen LogP contribution in [0.2, 0.25) is 0 Å². The van der Waals surface area contributed by atoms with Crippen LogP contribution in [0.1, 0.15) is 24.1 Å². The second kappa shape index (κ2) is 11.6. The standard InChI is InChI=1S/C32H26N4O4S2/c1-4-16-40-31(38)27-20(2)33-32-36(29(27)21-12-14-24(39-3)15-13-21)30(37)26(42-32)18-22-19-35(23-9-6-5-7-10-23)34-28(22)25-11-8-17-41-25/h4-15,17-19,29H,1,16H2,2-3H3/b26-18+/t29-/m0/s1. The van der Waals surface area contributed by atoms with E-state index >= 15 is 0 Å². The number of esters is 1. The zero-order chi connectivity index (χ0) is 29.2. The first kappa shape index (κ1) is 27.4. The van der Waals surface area contributed by atoms with Crippen molar-refractivity contribution in [1.29, 1.82) is 0 Å². The highest BCUT2D eigenvalue weighted by Gasteiger charge is 2.33. The summed E-state index contributed by atoms with van der Waals surface area (Å²) in [5, 5.41) is 6.86. The van der Waals surface area contributed by atoms with Gasteiger partial charge < -0.3 is 9.47 Å². The summed E-state index contributed by atoms with van der Waals surface area (Å²) in [6.07, 6.45) is 5.28. The van der Waals surface area contributed by atoms with Crippen molar-refractivity contribution in [2.24, 2.45) is 4.99 Å². The second-order valence-electron chi connectivity index (χ2n) is 9.43. The average Bonchev–Trinajstić information content (AvgIpc) is 3.76. The van der Waals surface area contributed by atoms with Gasteiger partial charge >= 0.3 is 5.97 Å². The van der Waals surface area contributed by atoms with Gasteiger partial charge in [0.25, 0.3) is 5.56 Å². The molecular weight excluding hydrogens is 569 g/mol. The molecule has 6 rings (SSSR count). The van der Waals surface area contributed by atoms with Gasteiger partial charge in [-0.3, -0.25) is 9.36 Å². The number of methoxy groups -OCH3 is 1. The Labute approximate surface area is 249 Å². The summed E-state index contributed by atoms with van der Waals surface area (Å²) in [5.41, 5.74) is 3.76. The molecule has 0 saturated heterocycles. The fraction of sp³-hybridized carbons (Fsp3) is 0.125. The first-order valence-corrected chi connectivity index (χ1v) is 14.8. The highest BCUT2D eigenvalue weighted by Crippen LogP contribution is 2.32. The minimum absolute atomic E-state index is 0.0479.